The number of amides is 1. The van der Waals surface area contributed by atoms with Crippen LogP contribution in [0.15, 0.2) is 75.9 Å². The van der Waals surface area contributed by atoms with Crippen LogP contribution >= 0.6 is 11.3 Å². The Hall–Kier alpha value is -3.33. The van der Waals surface area contributed by atoms with E-state index in [2.05, 4.69) is 0 Å². The molecule has 29 heavy (non-hydrogen) atoms. The number of anilines is 1. The molecular weight excluding hydrogens is 407 g/mol. The summed E-state index contributed by atoms with van der Waals surface area (Å²) in [5.41, 5.74) is -0.980. The average Bonchev–Trinajstić information content (AvgIpc) is 3.43. The van der Waals surface area contributed by atoms with Gasteiger partial charge in [-0.3, -0.25) is 14.5 Å². The van der Waals surface area contributed by atoms with E-state index in [1.165, 1.54) is 12.3 Å². The molecule has 2 aromatic heterocycles. The van der Waals surface area contributed by atoms with Crippen LogP contribution in [-0.2, 0) is 11.0 Å². The van der Waals surface area contributed by atoms with Gasteiger partial charge in [0.05, 0.1) is 22.3 Å². The van der Waals surface area contributed by atoms with Crippen molar-refractivity contribution in [3.63, 3.8) is 0 Å². The number of thiophene rings is 1. The van der Waals surface area contributed by atoms with Crippen LogP contribution < -0.4 is 4.90 Å². The van der Waals surface area contributed by atoms with Gasteiger partial charge in [0.1, 0.15) is 11.8 Å². The van der Waals surface area contributed by atoms with Gasteiger partial charge in [-0.1, -0.05) is 6.07 Å². The van der Waals surface area contributed by atoms with Crippen LogP contribution in [0.2, 0.25) is 0 Å². The van der Waals surface area contributed by atoms with E-state index in [1.54, 1.807) is 23.6 Å². The summed E-state index contributed by atoms with van der Waals surface area (Å²) in [6.45, 7) is 0. The fourth-order valence-electron chi connectivity index (χ4n) is 3.17. The third-order valence-corrected chi connectivity index (χ3v) is 5.35. The van der Waals surface area contributed by atoms with Crippen LogP contribution in [0.4, 0.5) is 18.9 Å². The molecule has 0 aliphatic carbocycles. The van der Waals surface area contributed by atoms with E-state index >= 15 is 0 Å². The van der Waals surface area contributed by atoms with E-state index < -0.39 is 35.2 Å². The number of rotatable bonds is 4. The number of benzene rings is 1. The van der Waals surface area contributed by atoms with E-state index in [0.29, 0.717) is 4.88 Å². The van der Waals surface area contributed by atoms with Crippen LogP contribution in [0.25, 0.3) is 0 Å². The molecule has 1 N–H and O–H groups in total. The van der Waals surface area contributed by atoms with Crippen LogP contribution in [0, 0.1) is 0 Å². The highest BCUT2D eigenvalue weighted by Crippen LogP contribution is 2.43. The molecule has 148 valence electrons. The SMILES string of the molecule is O=C(C1=C(O)C(=O)N(c2ccc(C(F)(F)F)cc2)C1c1ccco1)c1cccs1. The lowest BCUT2D eigenvalue weighted by Gasteiger charge is -2.25. The Bertz CT molecular complexity index is 1080. The largest absolute Gasteiger partial charge is 0.503 e. The number of hydrogen-bond acceptors (Lipinski definition) is 5. The predicted octanol–water partition coefficient (Wildman–Crippen LogP) is 5.14. The van der Waals surface area contributed by atoms with Crippen molar-refractivity contribution in [1.82, 2.24) is 0 Å². The van der Waals surface area contributed by atoms with Crippen LogP contribution in [-0.4, -0.2) is 16.8 Å². The monoisotopic (exact) mass is 419 g/mol. The number of aliphatic hydroxyl groups excluding tert-OH is 1. The van der Waals surface area contributed by atoms with Gasteiger partial charge in [0.2, 0.25) is 5.78 Å². The molecule has 3 heterocycles. The maximum absolute atomic E-state index is 13.0. The number of nitrogens with zero attached hydrogens (tertiary/aromatic N) is 1. The molecule has 0 fully saturated rings. The maximum Gasteiger partial charge on any atom is 0.416 e. The number of halogens is 3. The zero-order chi connectivity index (χ0) is 20.8. The van der Waals surface area contributed by atoms with Gasteiger partial charge >= 0.3 is 6.18 Å². The lowest BCUT2D eigenvalue weighted by atomic mass is 10.00. The number of aliphatic hydroxyl groups is 1. The normalized spacial score (nSPS) is 17.3. The summed E-state index contributed by atoms with van der Waals surface area (Å²) in [6.07, 6.45) is -3.19. The van der Waals surface area contributed by atoms with E-state index in [0.717, 1.165) is 40.5 Å². The number of hydrogen-bond donors (Lipinski definition) is 1. The summed E-state index contributed by atoms with van der Waals surface area (Å²) in [5, 5.41) is 12.1. The first-order valence-electron chi connectivity index (χ1n) is 8.34. The minimum atomic E-state index is -4.53. The summed E-state index contributed by atoms with van der Waals surface area (Å²) in [6, 6.07) is 9.06. The van der Waals surface area contributed by atoms with Gasteiger partial charge < -0.3 is 9.52 Å². The molecule has 0 spiro atoms. The van der Waals surface area contributed by atoms with Gasteiger partial charge in [0.15, 0.2) is 5.76 Å². The molecule has 1 aliphatic rings. The van der Waals surface area contributed by atoms with Gasteiger partial charge in [-0.2, -0.15) is 13.2 Å². The van der Waals surface area contributed by atoms with Crippen LogP contribution in [0.3, 0.4) is 0 Å². The number of ketones is 1. The number of Topliss-reactive ketones (excluding diaryl/α,β-unsaturated/α-hetero) is 1. The van der Waals surface area contributed by atoms with Crippen LogP contribution in [0.1, 0.15) is 27.0 Å². The first kappa shape index (κ1) is 19.0. The minimum absolute atomic E-state index is 0.0879. The number of alkyl halides is 3. The Balaban J connectivity index is 1.81. The summed E-state index contributed by atoms with van der Waals surface area (Å²) in [4.78, 5) is 27.1. The Morgan fingerprint density at radius 3 is 2.38 bits per heavy atom. The minimum Gasteiger partial charge on any atom is -0.503 e. The molecule has 1 atom stereocenters. The lowest BCUT2D eigenvalue weighted by Crippen LogP contribution is -2.30. The average molecular weight is 419 g/mol. The highest BCUT2D eigenvalue weighted by molar-refractivity contribution is 7.12. The number of furan rings is 1. The van der Waals surface area contributed by atoms with Gasteiger partial charge in [0.25, 0.3) is 5.91 Å². The van der Waals surface area contributed by atoms with Crippen LogP contribution in [0.5, 0.6) is 0 Å². The Kier molecular flexibility index (Phi) is 4.54. The van der Waals surface area contributed by atoms with E-state index in [4.69, 9.17) is 4.42 Å². The second-order valence-corrected chi connectivity index (χ2v) is 7.15. The topological polar surface area (TPSA) is 70.8 Å². The third-order valence-electron chi connectivity index (χ3n) is 4.48. The molecule has 5 nitrogen and oxygen atoms in total. The standard InChI is InChI=1S/C20H12F3NO4S/c21-20(22,23)11-5-7-12(8-6-11)24-16(13-3-1-9-28-13)15(18(26)19(24)27)17(25)14-4-2-10-29-14/h1-10,16,26H. The number of carbonyl (C=O) groups excluding carboxylic acids is 2. The zero-order valence-corrected chi connectivity index (χ0v) is 15.3. The highest BCUT2D eigenvalue weighted by atomic mass is 32.1. The van der Waals surface area contributed by atoms with Crippen molar-refractivity contribution in [2.75, 3.05) is 4.90 Å². The lowest BCUT2D eigenvalue weighted by molar-refractivity contribution is -0.137. The second kappa shape index (κ2) is 6.93. The van der Waals surface area contributed by atoms with Crippen molar-refractivity contribution in [1.29, 1.82) is 0 Å². The summed E-state index contributed by atoms with van der Waals surface area (Å²) in [5.74, 6) is -2.01. The zero-order valence-electron chi connectivity index (χ0n) is 14.5. The first-order chi connectivity index (χ1) is 13.8. The molecule has 1 aromatic carbocycles. The van der Waals surface area contributed by atoms with Crippen molar-refractivity contribution < 1.29 is 32.3 Å². The van der Waals surface area contributed by atoms with E-state index in [-0.39, 0.29) is 17.0 Å². The molecule has 3 aromatic rings. The second-order valence-electron chi connectivity index (χ2n) is 6.21. The third kappa shape index (κ3) is 3.23. The Labute approximate surface area is 166 Å². The van der Waals surface area contributed by atoms with Crippen molar-refractivity contribution in [2.24, 2.45) is 0 Å². The molecule has 0 saturated carbocycles. The van der Waals surface area contributed by atoms with Crippen molar-refractivity contribution in [2.45, 2.75) is 12.2 Å². The summed E-state index contributed by atoms with van der Waals surface area (Å²) < 4.78 is 44.0. The molecule has 1 aliphatic heterocycles. The van der Waals surface area contributed by atoms with Gasteiger partial charge in [0, 0.05) is 5.69 Å². The molecule has 0 saturated heterocycles. The molecule has 0 radical (unpaired) electrons. The molecule has 4 rings (SSSR count). The van der Waals surface area contributed by atoms with Crippen molar-refractivity contribution >= 4 is 28.7 Å². The summed E-state index contributed by atoms with van der Waals surface area (Å²) >= 11 is 1.14. The fourth-order valence-corrected chi connectivity index (χ4v) is 3.85. The molecule has 1 amide bonds. The summed E-state index contributed by atoms with van der Waals surface area (Å²) in [7, 11) is 0. The molecule has 0 bridgehead atoms. The van der Waals surface area contributed by atoms with Gasteiger partial charge in [-0.05, 0) is 47.8 Å². The van der Waals surface area contributed by atoms with E-state index in [1.807, 2.05) is 0 Å². The fraction of sp³-hybridized carbons (Fsp3) is 0.100. The van der Waals surface area contributed by atoms with Crippen molar-refractivity contribution in [3.05, 3.63) is 87.7 Å². The smallest absolute Gasteiger partial charge is 0.416 e. The maximum atomic E-state index is 13.0. The highest BCUT2D eigenvalue weighted by Gasteiger charge is 2.46. The predicted molar refractivity (Wildman–Crippen MR) is 98.7 cm³/mol. The Morgan fingerprint density at radius 1 is 1.10 bits per heavy atom. The molecule has 9 heteroatoms. The number of carbonyl (C=O) groups is 2. The van der Waals surface area contributed by atoms with E-state index in [9.17, 15) is 27.9 Å². The Morgan fingerprint density at radius 2 is 1.83 bits per heavy atom. The van der Waals surface area contributed by atoms with Gasteiger partial charge in [-0.25, -0.2) is 0 Å². The first-order valence-corrected chi connectivity index (χ1v) is 9.22. The quantitative estimate of drug-likeness (QED) is 0.595. The molecule has 1 unspecified atom stereocenters. The van der Waals surface area contributed by atoms with Crippen molar-refractivity contribution in [3.8, 4) is 0 Å². The molecular formula is C20H12F3NO4S. The van der Waals surface area contributed by atoms with Gasteiger partial charge in [-0.15, -0.1) is 11.3 Å².